The monoisotopic (exact) mass is 254 g/mol. The highest BCUT2D eigenvalue weighted by Crippen LogP contribution is 2.13. The topological polar surface area (TPSA) is 64.3 Å². The Balaban J connectivity index is 2.51. The Kier molecular flexibility index (Phi) is 5.74. The molecule has 0 saturated carbocycles. The van der Waals surface area contributed by atoms with Gasteiger partial charge < -0.3 is 15.8 Å². The van der Waals surface area contributed by atoms with Gasteiger partial charge in [-0.3, -0.25) is 4.79 Å². The molecule has 0 fully saturated rings. The third-order valence-corrected chi connectivity index (χ3v) is 2.76. The van der Waals surface area contributed by atoms with Gasteiger partial charge in [0.05, 0.1) is 18.6 Å². The number of hydrogen-bond donors (Lipinski definition) is 2. The number of hydrogen-bond acceptors (Lipinski definition) is 3. The number of carbonyl (C=O) groups is 1. The maximum Gasteiger partial charge on any atom is 0.223 e. The van der Waals surface area contributed by atoms with Gasteiger partial charge in [0.15, 0.2) is 0 Å². The van der Waals surface area contributed by atoms with Gasteiger partial charge in [0.25, 0.3) is 0 Å². The van der Waals surface area contributed by atoms with Crippen LogP contribution >= 0.6 is 0 Å². The Labute approximate surface area is 106 Å². The molecular weight excluding hydrogens is 235 g/mol. The van der Waals surface area contributed by atoms with Crippen molar-refractivity contribution < 1.29 is 13.9 Å². The first-order valence-corrected chi connectivity index (χ1v) is 5.84. The van der Waals surface area contributed by atoms with Crippen molar-refractivity contribution >= 4 is 5.91 Å². The smallest absolute Gasteiger partial charge is 0.223 e. The normalized spacial score (nSPS) is 14.0. The Hall–Kier alpha value is -1.46. The highest BCUT2D eigenvalue weighted by molar-refractivity contribution is 5.76. The number of amides is 1. The maximum absolute atomic E-state index is 12.8. The molecule has 0 aliphatic carbocycles. The van der Waals surface area contributed by atoms with E-state index in [2.05, 4.69) is 5.32 Å². The summed E-state index contributed by atoms with van der Waals surface area (Å²) >= 11 is 0. The number of benzene rings is 1. The van der Waals surface area contributed by atoms with Crippen LogP contribution in [0.2, 0.25) is 0 Å². The van der Waals surface area contributed by atoms with E-state index < -0.39 is 0 Å². The first-order valence-electron chi connectivity index (χ1n) is 5.84. The summed E-state index contributed by atoms with van der Waals surface area (Å²) < 4.78 is 17.8. The summed E-state index contributed by atoms with van der Waals surface area (Å²) in [5.41, 5.74) is 6.30. The summed E-state index contributed by atoms with van der Waals surface area (Å²) in [6.45, 7) is 2.14. The number of nitrogens with two attached hydrogens (primary N) is 1. The van der Waals surface area contributed by atoms with Gasteiger partial charge >= 0.3 is 0 Å². The molecule has 0 radical (unpaired) electrons. The van der Waals surface area contributed by atoms with E-state index in [1.54, 1.807) is 12.1 Å². The van der Waals surface area contributed by atoms with Gasteiger partial charge in [0.2, 0.25) is 5.91 Å². The Morgan fingerprint density at radius 2 is 2.06 bits per heavy atom. The van der Waals surface area contributed by atoms with Crippen LogP contribution in [-0.4, -0.2) is 25.7 Å². The van der Waals surface area contributed by atoms with Gasteiger partial charge in [0.1, 0.15) is 5.82 Å². The van der Waals surface area contributed by atoms with Crippen LogP contribution in [0.1, 0.15) is 24.9 Å². The van der Waals surface area contributed by atoms with E-state index >= 15 is 0 Å². The molecule has 1 unspecified atom stereocenters. The lowest BCUT2D eigenvalue weighted by atomic mass is 10.1. The van der Waals surface area contributed by atoms with Gasteiger partial charge in [-0.2, -0.15) is 0 Å². The van der Waals surface area contributed by atoms with Gasteiger partial charge in [-0.1, -0.05) is 12.1 Å². The quantitative estimate of drug-likeness (QED) is 0.805. The fraction of sp³-hybridized carbons (Fsp3) is 0.462. The molecule has 3 N–H and O–H groups in total. The molecule has 0 heterocycles. The highest BCUT2D eigenvalue weighted by Gasteiger charge is 2.14. The van der Waals surface area contributed by atoms with Crippen molar-refractivity contribution in [3.05, 3.63) is 35.6 Å². The Bertz CT molecular complexity index is 377. The third kappa shape index (κ3) is 4.43. The van der Waals surface area contributed by atoms with E-state index in [0.29, 0.717) is 6.54 Å². The number of carbonyl (C=O) groups excluding carboxylic acids is 1. The summed E-state index contributed by atoms with van der Waals surface area (Å²) in [6.07, 6.45) is -0.0520. The zero-order chi connectivity index (χ0) is 13.5. The molecule has 0 spiro atoms. The Morgan fingerprint density at radius 3 is 2.56 bits per heavy atom. The number of nitrogens with one attached hydrogen (secondary N) is 1. The highest BCUT2D eigenvalue weighted by atomic mass is 19.1. The molecule has 0 aromatic heterocycles. The van der Waals surface area contributed by atoms with E-state index in [1.807, 2.05) is 6.92 Å². The average molecular weight is 254 g/mol. The van der Waals surface area contributed by atoms with Crippen molar-refractivity contribution in [2.24, 2.45) is 5.73 Å². The number of ether oxygens (including phenoxy) is 1. The molecule has 0 aliphatic heterocycles. The van der Waals surface area contributed by atoms with Crippen LogP contribution in [0.15, 0.2) is 24.3 Å². The number of halogens is 1. The molecule has 1 aromatic carbocycles. The first-order chi connectivity index (χ1) is 8.56. The Morgan fingerprint density at radius 1 is 1.44 bits per heavy atom. The van der Waals surface area contributed by atoms with Crippen molar-refractivity contribution in [3.8, 4) is 0 Å². The molecule has 1 amide bonds. The van der Waals surface area contributed by atoms with Crippen LogP contribution < -0.4 is 11.1 Å². The predicted molar refractivity (Wildman–Crippen MR) is 67.4 cm³/mol. The molecule has 100 valence electrons. The lowest BCUT2D eigenvalue weighted by molar-refractivity contribution is -0.124. The van der Waals surface area contributed by atoms with Crippen LogP contribution in [0.4, 0.5) is 4.39 Å². The lowest BCUT2D eigenvalue weighted by Crippen LogP contribution is -2.33. The van der Waals surface area contributed by atoms with Gasteiger partial charge in [-0.25, -0.2) is 4.39 Å². The number of methoxy groups -OCH3 is 1. The fourth-order valence-corrected chi connectivity index (χ4v) is 1.60. The molecule has 18 heavy (non-hydrogen) atoms. The molecule has 0 saturated heterocycles. The summed E-state index contributed by atoms with van der Waals surface area (Å²) in [5, 5.41) is 2.82. The second-order valence-corrected chi connectivity index (χ2v) is 4.14. The molecular formula is C13H19FN2O2. The maximum atomic E-state index is 12.8. The van der Waals surface area contributed by atoms with E-state index in [4.69, 9.17) is 10.5 Å². The zero-order valence-corrected chi connectivity index (χ0v) is 10.7. The minimum Gasteiger partial charge on any atom is -0.380 e. The minimum absolute atomic E-state index is 0.135. The zero-order valence-electron chi connectivity index (χ0n) is 10.7. The first kappa shape index (κ1) is 14.6. The van der Waals surface area contributed by atoms with Crippen molar-refractivity contribution in [1.29, 1.82) is 0 Å². The van der Waals surface area contributed by atoms with E-state index in [1.165, 1.54) is 19.2 Å². The minimum atomic E-state index is -0.292. The summed E-state index contributed by atoms with van der Waals surface area (Å²) in [5.74, 6) is -0.427. The average Bonchev–Trinajstić information content (AvgIpc) is 2.36. The second kappa shape index (κ2) is 7.08. The van der Waals surface area contributed by atoms with Crippen LogP contribution in [0.3, 0.4) is 0 Å². The van der Waals surface area contributed by atoms with Gasteiger partial charge in [-0.15, -0.1) is 0 Å². The van der Waals surface area contributed by atoms with Crippen LogP contribution in [0.5, 0.6) is 0 Å². The fourth-order valence-electron chi connectivity index (χ4n) is 1.60. The molecule has 1 aromatic rings. The largest absolute Gasteiger partial charge is 0.380 e. The summed E-state index contributed by atoms with van der Waals surface area (Å²) in [6, 6.07) is 5.87. The van der Waals surface area contributed by atoms with E-state index in [-0.39, 0.29) is 30.3 Å². The van der Waals surface area contributed by atoms with Crippen LogP contribution in [-0.2, 0) is 9.53 Å². The van der Waals surface area contributed by atoms with Crippen molar-refractivity contribution in [2.75, 3.05) is 13.7 Å². The van der Waals surface area contributed by atoms with E-state index in [9.17, 15) is 9.18 Å². The summed E-state index contributed by atoms with van der Waals surface area (Å²) in [7, 11) is 1.52. The van der Waals surface area contributed by atoms with Gasteiger partial charge in [-0.05, 0) is 24.6 Å². The third-order valence-electron chi connectivity index (χ3n) is 2.76. The van der Waals surface area contributed by atoms with Crippen molar-refractivity contribution in [1.82, 2.24) is 5.32 Å². The predicted octanol–water partition coefficient (Wildman–Crippen LogP) is 1.37. The molecule has 4 nitrogen and oxygen atoms in total. The molecule has 0 bridgehead atoms. The van der Waals surface area contributed by atoms with Gasteiger partial charge in [0, 0.05) is 13.7 Å². The SMILES string of the molecule is COC(CN)CC(=O)N[C@H](C)c1ccc(F)cc1. The lowest BCUT2D eigenvalue weighted by Gasteiger charge is -2.17. The second-order valence-electron chi connectivity index (χ2n) is 4.14. The molecule has 0 aliphatic rings. The van der Waals surface area contributed by atoms with E-state index in [0.717, 1.165) is 5.56 Å². The standard InChI is InChI=1S/C13H19FN2O2/c1-9(10-3-5-11(14)6-4-10)16-13(17)7-12(8-15)18-2/h3-6,9,12H,7-8,15H2,1-2H3,(H,16,17)/t9-,12?/m1/s1. The van der Waals surface area contributed by atoms with Crippen molar-refractivity contribution in [3.63, 3.8) is 0 Å². The summed E-state index contributed by atoms with van der Waals surface area (Å²) in [4.78, 5) is 11.7. The van der Waals surface area contributed by atoms with Crippen molar-refractivity contribution in [2.45, 2.75) is 25.5 Å². The molecule has 5 heteroatoms. The van der Waals surface area contributed by atoms with Crippen LogP contribution in [0.25, 0.3) is 0 Å². The van der Waals surface area contributed by atoms with Crippen LogP contribution in [0, 0.1) is 5.82 Å². The molecule has 2 atom stereocenters. The number of rotatable bonds is 6. The molecule has 1 rings (SSSR count).